The topological polar surface area (TPSA) is 25.8 Å². The Kier molecular flexibility index (Phi) is 7.05. The minimum absolute atomic E-state index is 0.853. The number of hydrogen-bond acceptors (Lipinski definition) is 2. The highest BCUT2D eigenvalue weighted by atomic mass is 14.8. The second-order valence-corrected chi connectivity index (χ2v) is 16.0. The van der Waals surface area contributed by atoms with Crippen molar-refractivity contribution in [3.8, 4) is 44.9 Å². The lowest BCUT2D eigenvalue weighted by atomic mass is 9.82. The molecule has 0 unspecified atom stereocenters. The fourth-order valence-corrected chi connectivity index (χ4v) is 10.3. The quantitative estimate of drug-likeness (QED) is 0.132. The van der Waals surface area contributed by atoms with E-state index in [4.69, 9.17) is 9.97 Å². The second-order valence-electron chi connectivity index (χ2n) is 16.0. The predicted octanol–water partition coefficient (Wildman–Crippen LogP) is 15.8. The first-order valence-corrected chi connectivity index (χ1v) is 20.7. The molecule has 1 aromatic heterocycles. The zero-order valence-corrected chi connectivity index (χ0v) is 32.5. The maximum Gasteiger partial charge on any atom is 0.0972 e. The van der Waals surface area contributed by atoms with Crippen molar-refractivity contribution in [2.75, 3.05) is 0 Å². The van der Waals surface area contributed by atoms with Crippen LogP contribution in [0.25, 0.3) is 131 Å². The van der Waals surface area contributed by atoms with Gasteiger partial charge in [-0.25, -0.2) is 4.98 Å². The summed E-state index contributed by atoms with van der Waals surface area (Å²) in [4.78, 5) is 10.7. The summed E-state index contributed by atoms with van der Waals surface area (Å²) in [5, 5.41) is 20.1. The first-order chi connectivity index (χ1) is 29.8. The molecule has 1 heterocycles. The molecular formula is C58H34N2. The standard InChI is InChI=1S/C58H34N2/c1-3-15-37(16-4-1)57-58(38-17-5-2-6-18-38)60-50(34-59-57)55-45-24-9-7-22-43(45)54(44-23-8-10-25-46(44)55)49-33-39-21-13-28-41-40-26-11-19-35-31-32-36-20-12-27-42(52(36)51(35)40)47-29-14-30-48(49)56(47)53(39)41/h1-34H. The van der Waals surface area contributed by atoms with Crippen molar-refractivity contribution in [3.63, 3.8) is 0 Å². The molecule has 0 aliphatic heterocycles. The Morgan fingerprint density at radius 1 is 0.283 bits per heavy atom. The highest BCUT2D eigenvalue weighted by molar-refractivity contribution is 6.39. The molecule has 0 spiro atoms. The van der Waals surface area contributed by atoms with Gasteiger partial charge in [-0.05, 0) is 103 Å². The average Bonchev–Trinajstić information content (AvgIpc) is 3.32. The van der Waals surface area contributed by atoms with E-state index < -0.39 is 0 Å². The maximum absolute atomic E-state index is 5.52. The molecule has 0 N–H and O–H groups in total. The van der Waals surface area contributed by atoms with Crippen molar-refractivity contribution in [1.82, 2.24) is 9.97 Å². The maximum atomic E-state index is 5.52. The van der Waals surface area contributed by atoms with Gasteiger partial charge >= 0.3 is 0 Å². The molecule has 0 fully saturated rings. The van der Waals surface area contributed by atoms with Crippen LogP contribution in [0.5, 0.6) is 0 Å². The van der Waals surface area contributed by atoms with Gasteiger partial charge in [-0.15, -0.1) is 0 Å². The lowest BCUT2D eigenvalue weighted by molar-refractivity contribution is 1.22. The Bertz CT molecular complexity index is 3810. The molecule has 60 heavy (non-hydrogen) atoms. The van der Waals surface area contributed by atoms with Crippen LogP contribution in [0.2, 0.25) is 0 Å². The number of nitrogens with zero attached hydrogens (tertiary/aromatic N) is 2. The van der Waals surface area contributed by atoms with E-state index in [2.05, 4.69) is 194 Å². The Morgan fingerprint density at radius 3 is 1.27 bits per heavy atom. The molecular weight excluding hydrogens is 725 g/mol. The van der Waals surface area contributed by atoms with E-state index in [9.17, 15) is 0 Å². The van der Waals surface area contributed by atoms with Crippen molar-refractivity contribution in [2.45, 2.75) is 0 Å². The molecule has 12 aromatic carbocycles. The first kappa shape index (κ1) is 33.1. The molecule has 0 aliphatic carbocycles. The van der Waals surface area contributed by atoms with Gasteiger partial charge in [-0.2, -0.15) is 0 Å². The van der Waals surface area contributed by atoms with Crippen LogP contribution in [0.15, 0.2) is 206 Å². The smallest absolute Gasteiger partial charge is 0.0972 e. The van der Waals surface area contributed by atoms with E-state index in [0.717, 1.165) is 44.5 Å². The van der Waals surface area contributed by atoms with Gasteiger partial charge in [0.25, 0.3) is 0 Å². The van der Waals surface area contributed by atoms with E-state index in [0.29, 0.717) is 0 Å². The van der Waals surface area contributed by atoms with Crippen LogP contribution >= 0.6 is 0 Å². The van der Waals surface area contributed by atoms with Gasteiger partial charge in [-0.1, -0.05) is 194 Å². The summed E-state index contributed by atoms with van der Waals surface area (Å²) in [6.45, 7) is 0. The van der Waals surface area contributed by atoms with Gasteiger partial charge in [0.05, 0.1) is 23.3 Å². The van der Waals surface area contributed by atoms with Crippen LogP contribution in [0.3, 0.4) is 0 Å². The summed E-state index contributed by atoms with van der Waals surface area (Å²) in [5.41, 5.74) is 8.22. The fraction of sp³-hybridized carbons (Fsp3) is 0. The number of fused-ring (bicyclic) bond motifs is 4. The van der Waals surface area contributed by atoms with Crippen molar-refractivity contribution in [3.05, 3.63) is 206 Å². The summed E-state index contributed by atoms with van der Waals surface area (Å²) in [6.07, 6.45) is 1.97. The molecule has 0 aliphatic rings. The third kappa shape index (κ3) is 4.70. The number of benzene rings is 11. The van der Waals surface area contributed by atoms with Gasteiger partial charge in [0.1, 0.15) is 0 Å². The van der Waals surface area contributed by atoms with Gasteiger partial charge in [0.15, 0.2) is 0 Å². The summed E-state index contributed by atoms with van der Waals surface area (Å²) in [6, 6.07) is 73.0. The third-order valence-electron chi connectivity index (χ3n) is 12.8. The van der Waals surface area contributed by atoms with Gasteiger partial charge in [0.2, 0.25) is 0 Å². The molecule has 0 amide bonds. The van der Waals surface area contributed by atoms with Crippen LogP contribution in [0.1, 0.15) is 0 Å². The molecule has 0 bridgehead atoms. The third-order valence-corrected chi connectivity index (χ3v) is 12.8. The van der Waals surface area contributed by atoms with Crippen LogP contribution in [-0.2, 0) is 0 Å². The SMILES string of the molecule is c1ccc(-c2ncc(-c3c4ccccc4c(-c4cc5cccc6c7cccc8ccc9cccc(c%10cccc4c%10c56)c9c87)c4ccccc34)nc2-c2ccccc2)cc1. The summed E-state index contributed by atoms with van der Waals surface area (Å²) in [5.74, 6) is 0. The van der Waals surface area contributed by atoms with Gasteiger partial charge in [0, 0.05) is 16.7 Å². The van der Waals surface area contributed by atoms with Crippen LogP contribution in [-0.4, -0.2) is 9.97 Å². The second kappa shape index (κ2) is 12.8. The van der Waals surface area contributed by atoms with Gasteiger partial charge < -0.3 is 0 Å². The summed E-state index contributed by atoms with van der Waals surface area (Å²) < 4.78 is 0. The van der Waals surface area contributed by atoms with E-state index >= 15 is 0 Å². The van der Waals surface area contributed by atoms with Crippen LogP contribution in [0, 0.1) is 0 Å². The lowest BCUT2D eigenvalue weighted by Crippen LogP contribution is -1.98. The molecule has 0 radical (unpaired) electrons. The first-order valence-electron chi connectivity index (χ1n) is 20.7. The Hall–Kier alpha value is -7.94. The molecule has 2 nitrogen and oxygen atoms in total. The van der Waals surface area contributed by atoms with Crippen LogP contribution in [0.4, 0.5) is 0 Å². The lowest BCUT2D eigenvalue weighted by Gasteiger charge is -2.21. The zero-order valence-electron chi connectivity index (χ0n) is 32.5. The van der Waals surface area contributed by atoms with Gasteiger partial charge in [-0.3, -0.25) is 4.98 Å². The summed E-state index contributed by atoms with van der Waals surface area (Å²) in [7, 11) is 0. The predicted molar refractivity (Wildman–Crippen MR) is 255 cm³/mol. The molecule has 0 atom stereocenters. The molecule has 0 saturated carbocycles. The fourth-order valence-electron chi connectivity index (χ4n) is 10.3. The van der Waals surface area contributed by atoms with E-state index in [1.165, 1.54) is 86.5 Å². The Balaban J connectivity index is 1.17. The summed E-state index contributed by atoms with van der Waals surface area (Å²) >= 11 is 0. The number of aromatic nitrogens is 2. The number of rotatable bonds is 4. The minimum atomic E-state index is 0.853. The number of hydrogen-bond donors (Lipinski definition) is 0. The largest absolute Gasteiger partial charge is 0.252 e. The zero-order chi connectivity index (χ0) is 39.3. The van der Waals surface area contributed by atoms with E-state index in [1.54, 1.807) is 0 Å². The Morgan fingerprint density at radius 2 is 0.700 bits per heavy atom. The normalized spacial score (nSPS) is 12.0. The minimum Gasteiger partial charge on any atom is -0.252 e. The van der Waals surface area contributed by atoms with Crippen molar-refractivity contribution in [1.29, 1.82) is 0 Å². The molecule has 13 rings (SSSR count). The van der Waals surface area contributed by atoms with Crippen molar-refractivity contribution < 1.29 is 0 Å². The molecule has 2 heteroatoms. The van der Waals surface area contributed by atoms with E-state index in [-0.39, 0.29) is 0 Å². The average molecular weight is 759 g/mol. The molecule has 13 aromatic rings. The molecule has 0 saturated heterocycles. The van der Waals surface area contributed by atoms with Crippen molar-refractivity contribution in [2.24, 2.45) is 0 Å². The monoisotopic (exact) mass is 758 g/mol. The molecule has 276 valence electrons. The van der Waals surface area contributed by atoms with E-state index in [1.807, 2.05) is 12.3 Å². The highest BCUT2D eigenvalue weighted by Crippen LogP contribution is 2.50. The Labute approximate surface area is 346 Å². The highest BCUT2D eigenvalue weighted by Gasteiger charge is 2.23. The van der Waals surface area contributed by atoms with Crippen molar-refractivity contribution >= 4 is 86.2 Å². The van der Waals surface area contributed by atoms with Crippen LogP contribution < -0.4 is 0 Å².